The summed E-state index contributed by atoms with van der Waals surface area (Å²) < 4.78 is 29.0. The van der Waals surface area contributed by atoms with E-state index < -0.39 is 9.84 Å². The van der Waals surface area contributed by atoms with Gasteiger partial charge in [0.1, 0.15) is 12.4 Å². The molecular weight excluding hydrogens is 330 g/mol. The van der Waals surface area contributed by atoms with E-state index in [1.54, 1.807) is 18.3 Å². The number of ether oxygens (including phenoxy) is 1. The number of aromatic nitrogens is 1. The van der Waals surface area contributed by atoms with Gasteiger partial charge in [-0.05, 0) is 52.3 Å². The molecule has 0 saturated heterocycles. The lowest BCUT2D eigenvalue weighted by atomic mass is 10.3. The van der Waals surface area contributed by atoms with Crippen molar-refractivity contribution in [2.45, 2.75) is 11.5 Å². The molecule has 0 aliphatic carbocycles. The molecule has 0 spiro atoms. The monoisotopic (exact) mass is 341 g/mol. The molecule has 4 nitrogen and oxygen atoms in total. The Kier molecular flexibility index (Phi) is 4.21. The molecule has 0 fully saturated rings. The van der Waals surface area contributed by atoms with Crippen molar-refractivity contribution >= 4 is 25.8 Å². The molecule has 0 aliphatic rings. The zero-order chi connectivity index (χ0) is 13.9. The summed E-state index contributed by atoms with van der Waals surface area (Å²) in [5.41, 5.74) is 0.801. The molecule has 0 atom stereocenters. The van der Waals surface area contributed by atoms with Gasteiger partial charge < -0.3 is 4.74 Å². The lowest BCUT2D eigenvalue weighted by molar-refractivity contribution is 0.301. The maximum absolute atomic E-state index is 11.3. The van der Waals surface area contributed by atoms with E-state index >= 15 is 0 Å². The van der Waals surface area contributed by atoms with Crippen molar-refractivity contribution < 1.29 is 13.2 Å². The number of hydrogen-bond donors (Lipinski definition) is 0. The fourth-order valence-corrected chi connectivity index (χ4v) is 2.30. The van der Waals surface area contributed by atoms with Crippen molar-refractivity contribution in [1.29, 1.82) is 0 Å². The fourth-order valence-electron chi connectivity index (χ4n) is 1.43. The number of halogens is 1. The summed E-state index contributed by atoms with van der Waals surface area (Å²) in [6, 6.07) is 10.1. The van der Waals surface area contributed by atoms with Crippen LogP contribution in [0.2, 0.25) is 0 Å². The molecule has 1 heterocycles. The maximum Gasteiger partial charge on any atom is 0.175 e. The summed E-state index contributed by atoms with van der Waals surface area (Å²) in [5, 5.41) is 0. The first-order valence-corrected chi connectivity index (χ1v) is 8.17. The summed E-state index contributed by atoms with van der Waals surface area (Å²) in [6.07, 6.45) is 2.88. The van der Waals surface area contributed by atoms with Crippen LogP contribution in [0, 0.1) is 0 Å². The number of hydrogen-bond acceptors (Lipinski definition) is 4. The summed E-state index contributed by atoms with van der Waals surface area (Å²) in [6.45, 7) is 0.339. The predicted octanol–water partition coefficient (Wildman–Crippen LogP) is 2.83. The largest absolute Gasteiger partial charge is 0.487 e. The Bertz CT molecular complexity index is 651. The molecule has 6 heteroatoms. The molecule has 0 unspecified atom stereocenters. The molecule has 1 aromatic heterocycles. The van der Waals surface area contributed by atoms with Gasteiger partial charge in [0.15, 0.2) is 9.84 Å². The first kappa shape index (κ1) is 14.0. The van der Waals surface area contributed by atoms with Gasteiger partial charge in [-0.25, -0.2) is 8.42 Å². The van der Waals surface area contributed by atoms with Crippen LogP contribution in [-0.4, -0.2) is 19.7 Å². The molecule has 0 aliphatic heterocycles. The highest BCUT2D eigenvalue weighted by molar-refractivity contribution is 9.10. The molecule has 1 aromatic carbocycles. The predicted molar refractivity (Wildman–Crippen MR) is 75.8 cm³/mol. The number of pyridine rings is 1. The van der Waals surface area contributed by atoms with Crippen LogP contribution in [0.1, 0.15) is 5.69 Å². The molecule has 0 bridgehead atoms. The average Bonchev–Trinajstić information content (AvgIpc) is 2.37. The third-order valence-corrected chi connectivity index (χ3v) is 4.02. The van der Waals surface area contributed by atoms with Gasteiger partial charge in [-0.2, -0.15) is 0 Å². The van der Waals surface area contributed by atoms with E-state index in [0.717, 1.165) is 10.2 Å². The molecule has 2 aromatic rings. The number of sulfone groups is 1. The number of rotatable bonds is 4. The third kappa shape index (κ3) is 4.04. The quantitative estimate of drug-likeness (QED) is 0.857. The van der Waals surface area contributed by atoms with E-state index in [9.17, 15) is 8.42 Å². The molecular formula is C13H12BrNO3S. The summed E-state index contributed by atoms with van der Waals surface area (Å²) in [5.74, 6) is 0.608. The highest BCUT2D eigenvalue weighted by Crippen LogP contribution is 2.17. The lowest BCUT2D eigenvalue weighted by Crippen LogP contribution is -1.99. The molecule has 100 valence electrons. The second kappa shape index (κ2) is 5.71. The number of nitrogens with zero attached hydrogens (tertiary/aromatic N) is 1. The Morgan fingerprint density at radius 1 is 1.16 bits per heavy atom. The Morgan fingerprint density at radius 2 is 1.84 bits per heavy atom. The second-order valence-corrected chi connectivity index (χ2v) is 6.93. The molecule has 0 N–H and O–H groups in total. The van der Waals surface area contributed by atoms with Crippen LogP contribution in [-0.2, 0) is 16.4 Å². The van der Waals surface area contributed by atoms with Crippen molar-refractivity contribution in [3.05, 3.63) is 52.8 Å². The Hall–Kier alpha value is -1.40. The second-order valence-electron chi connectivity index (χ2n) is 4.00. The Labute approximate surface area is 120 Å². The van der Waals surface area contributed by atoms with Gasteiger partial charge in [0.2, 0.25) is 0 Å². The molecule has 0 radical (unpaired) electrons. The number of benzene rings is 1. The molecule has 0 amide bonds. The molecule has 2 rings (SSSR count). The van der Waals surface area contributed by atoms with Crippen LogP contribution < -0.4 is 4.74 Å². The van der Waals surface area contributed by atoms with E-state index in [4.69, 9.17) is 4.74 Å². The minimum absolute atomic E-state index is 0.279. The van der Waals surface area contributed by atoms with Crippen molar-refractivity contribution in [3.63, 3.8) is 0 Å². The zero-order valence-electron chi connectivity index (χ0n) is 10.2. The van der Waals surface area contributed by atoms with Crippen LogP contribution in [0.5, 0.6) is 5.75 Å². The van der Waals surface area contributed by atoms with Crippen molar-refractivity contribution in [3.8, 4) is 5.75 Å². The van der Waals surface area contributed by atoms with E-state index in [1.807, 2.05) is 12.1 Å². The summed E-state index contributed by atoms with van der Waals surface area (Å²) in [4.78, 5) is 4.46. The van der Waals surface area contributed by atoms with E-state index in [0.29, 0.717) is 12.4 Å². The van der Waals surface area contributed by atoms with E-state index in [2.05, 4.69) is 20.9 Å². The topological polar surface area (TPSA) is 56.3 Å². The van der Waals surface area contributed by atoms with E-state index in [-0.39, 0.29) is 4.90 Å². The Morgan fingerprint density at radius 3 is 2.37 bits per heavy atom. The summed E-state index contributed by atoms with van der Waals surface area (Å²) >= 11 is 3.31. The zero-order valence-corrected chi connectivity index (χ0v) is 12.6. The smallest absolute Gasteiger partial charge is 0.175 e. The minimum atomic E-state index is -3.16. The van der Waals surface area contributed by atoms with Gasteiger partial charge in [0.05, 0.1) is 10.6 Å². The standard InChI is InChI=1S/C13H12BrNO3S/c1-19(16,17)13-6-4-12(5-7-13)18-9-11-3-2-10(14)8-15-11/h2-8H,9H2,1H3. The van der Waals surface area contributed by atoms with Gasteiger partial charge in [0.25, 0.3) is 0 Å². The van der Waals surface area contributed by atoms with Crippen LogP contribution in [0.4, 0.5) is 0 Å². The Balaban J connectivity index is 2.02. The highest BCUT2D eigenvalue weighted by atomic mass is 79.9. The molecule has 19 heavy (non-hydrogen) atoms. The van der Waals surface area contributed by atoms with Gasteiger partial charge in [-0.3, -0.25) is 4.98 Å². The van der Waals surface area contributed by atoms with Crippen molar-refractivity contribution in [2.75, 3.05) is 6.26 Å². The van der Waals surface area contributed by atoms with Crippen LogP contribution >= 0.6 is 15.9 Å². The van der Waals surface area contributed by atoms with Gasteiger partial charge in [-0.1, -0.05) is 0 Å². The van der Waals surface area contributed by atoms with Gasteiger partial charge in [0, 0.05) is 16.9 Å². The summed E-state index contributed by atoms with van der Waals surface area (Å²) in [7, 11) is -3.16. The van der Waals surface area contributed by atoms with Crippen LogP contribution in [0.25, 0.3) is 0 Å². The highest BCUT2D eigenvalue weighted by Gasteiger charge is 2.06. The normalized spacial score (nSPS) is 11.3. The van der Waals surface area contributed by atoms with Crippen LogP contribution in [0.3, 0.4) is 0 Å². The van der Waals surface area contributed by atoms with Gasteiger partial charge in [-0.15, -0.1) is 0 Å². The first-order valence-electron chi connectivity index (χ1n) is 5.48. The first-order chi connectivity index (χ1) is 8.95. The SMILES string of the molecule is CS(=O)(=O)c1ccc(OCc2ccc(Br)cn2)cc1. The average molecular weight is 342 g/mol. The minimum Gasteiger partial charge on any atom is -0.487 e. The van der Waals surface area contributed by atoms with Gasteiger partial charge >= 0.3 is 0 Å². The fraction of sp³-hybridized carbons (Fsp3) is 0.154. The van der Waals surface area contributed by atoms with E-state index in [1.165, 1.54) is 18.4 Å². The molecule has 0 saturated carbocycles. The lowest BCUT2D eigenvalue weighted by Gasteiger charge is -2.06. The van der Waals surface area contributed by atoms with Crippen LogP contribution in [0.15, 0.2) is 52.0 Å². The third-order valence-electron chi connectivity index (χ3n) is 2.43. The van der Waals surface area contributed by atoms with Crippen molar-refractivity contribution in [1.82, 2.24) is 4.98 Å². The maximum atomic E-state index is 11.3. The van der Waals surface area contributed by atoms with Crippen molar-refractivity contribution in [2.24, 2.45) is 0 Å².